The van der Waals surface area contributed by atoms with Crippen molar-refractivity contribution in [2.24, 2.45) is 9.39 Å². The largest absolute Gasteiger partial charge is 0.449 e. The Labute approximate surface area is 196 Å². The average molecular weight is 462 g/mol. The predicted octanol–water partition coefficient (Wildman–Crippen LogP) is 6.39. The minimum Gasteiger partial charge on any atom is -0.449 e. The third-order valence-electron chi connectivity index (χ3n) is 3.92. The Hall–Kier alpha value is -1.99. The lowest BCUT2D eigenvalue weighted by Gasteiger charge is -2.10. The van der Waals surface area contributed by atoms with Crippen LogP contribution in [0.4, 0.5) is 0 Å². The summed E-state index contributed by atoms with van der Waals surface area (Å²) < 4.78 is 10.2. The first-order valence-corrected chi connectivity index (χ1v) is 12.6. The molecule has 0 atom stereocenters. The van der Waals surface area contributed by atoms with Crippen LogP contribution in [0.25, 0.3) is 0 Å². The Bertz CT molecular complexity index is 746. The smallest absolute Gasteiger partial charge is 0.244 e. The van der Waals surface area contributed by atoms with Gasteiger partial charge in [0.1, 0.15) is 5.76 Å². The van der Waals surface area contributed by atoms with Gasteiger partial charge in [0.15, 0.2) is 5.09 Å². The van der Waals surface area contributed by atoms with E-state index >= 15 is 0 Å². The van der Waals surface area contributed by atoms with Gasteiger partial charge in [0.05, 0.1) is 6.21 Å². The average Bonchev–Trinajstić information content (AvgIpc) is 3.55. The minimum atomic E-state index is -0.0770. The summed E-state index contributed by atoms with van der Waals surface area (Å²) in [6.07, 6.45) is 24.8. The number of hydrogen-bond donors (Lipinski definition) is 1. The molecule has 170 valence electrons. The van der Waals surface area contributed by atoms with Gasteiger partial charge in [0.2, 0.25) is 5.91 Å². The van der Waals surface area contributed by atoms with E-state index < -0.39 is 0 Å². The highest BCUT2D eigenvalue weighted by Crippen LogP contribution is 2.29. The zero-order chi connectivity index (χ0) is 22.7. The van der Waals surface area contributed by atoms with Gasteiger partial charge in [-0.25, -0.2) is 4.40 Å². The van der Waals surface area contributed by atoms with Gasteiger partial charge < -0.3 is 10.1 Å². The van der Waals surface area contributed by atoms with Crippen LogP contribution in [0.5, 0.6) is 0 Å². The van der Waals surface area contributed by atoms with Crippen LogP contribution in [0.1, 0.15) is 52.4 Å². The van der Waals surface area contributed by atoms with E-state index in [-0.39, 0.29) is 5.91 Å². The van der Waals surface area contributed by atoms with Crippen molar-refractivity contribution < 1.29 is 9.53 Å². The van der Waals surface area contributed by atoms with Crippen LogP contribution < -0.4 is 5.32 Å². The maximum atomic E-state index is 11.8. The summed E-state index contributed by atoms with van der Waals surface area (Å²) in [6, 6.07) is 0.346. The van der Waals surface area contributed by atoms with Gasteiger partial charge in [-0.3, -0.25) is 9.79 Å². The van der Waals surface area contributed by atoms with Crippen molar-refractivity contribution in [1.82, 2.24) is 5.32 Å². The number of carbonyl (C=O) groups excluding carboxylic acids is 1. The van der Waals surface area contributed by atoms with Crippen molar-refractivity contribution in [3.63, 3.8) is 0 Å². The summed E-state index contributed by atoms with van der Waals surface area (Å²) in [5.41, 5.74) is 0. The summed E-state index contributed by atoms with van der Waals surface area (Å²) in [7, 11) is 1.70. The molecule has 0 unspecified atom stereocenters. The maximum Gasteiger partial charge on any atom is 0.244 e. The van der Waals surface area contributed by atoms with Gasteiger partial charge in [-0.05, 0) is 74.1 Å². The van der Waals surface area contributed by atoms with Gasteiger partial charge in [0, 0.05) is 31.6 Å². The van der Waals surface area contributed by atoms with E-state index in [1.165, 1.54) is 22.9 Å². The fourth-order valence-electron chi connectivity index (χ4n) is 2.26. The molecule has 0 bridgehead atoms. The lowest BCUT2D eigenvalue weighted by molar-refractivity contribution is -0.116. The monoisotopic (exact) mass is 461 g/mol. The lowest BCUT2D eigenvalue weighted by atomic mass is 10.3. The molecule has 1 saturated carbocycles. The minimum absolute atomic E-state index is 0.0770. The second-order valence-corrected chi connectivity index (χ2v) is 8.70. The molecule has 5 nitrogen and oxygen atoms in total. The number of allylic oxidation sites excluding steroid dienone is 8. The van der Waals surface area contributed by atoms with E-state index in [1.807, 2.05) is 12.3 Å². The van der Waals surface area contributed by atoms with Crippen molar-refractivity contribution in [3.8, 4) is 0 Å². The van der Waals surface area contributed by atoms with Crippen LogP contribution in [-0.4, -0.2) is 37.7 Å². The fourth-order valence-corrected chi connectivity index (χ4v) is 3.31. The van der Waals surface area contributed by atoms with Gasteiger partial charge >= 0.3 is 0 Å². The number of aliphatic imine (C=N–C) groups is 1. The van der Waals surface area contributed by atoms with E-state index in [4.69, 9.17) is 4.74 Å². The number of thioether (sulfide) groups is 1. The molecule has 0 saturated heterocycles. The molecule has 0 aromatic carbocycles. The molecule has 1 amide bonds. The molecule has 1 aliphatic rings. The summed E-state index contributed by atoms with van der Waals surface area (Å²) in [5.74, 6) is 0.509. The van der Waals surface area contributed by atoms with Gasteiger partial charge in [0.25, 0.3) is 0 Å². The molecule has 1 aliphatic carbocycles. The Kier molecular flexibility index (Phi) is 15.4. The van der Waals surface area contributed by atoms with Crippen molar-refractivity contribution in [3.05, 3.63) is 58.3 Å². The van der Waals surface area contributed by atoms with Crippen LogP contribution in [-0.2, 0) is 9.53 Å². The normalized spacial score (nSPS) is 16.3. The lowest BCUT2D eigenvalue weighted by Crippen LogP contribution is -2.22. The first-order valence-electron chi connectivity index (χ1n) is 10.6. The highest BCUT2D eigenvalue weighted by Gasteiger charge is 2.21. The Morgan fingerprint density at radius 3 is 2.68 bits per heavy atom. The number of nitrogens with zero attached hydrogens (tertiary/aromatic N) is 2. The second-order valence-electron chi connectivity index (χ2n) is 6.87. The molecular formula is C24H35N3O2S2. The molecule has 0 aromatic heterocycles. The number of hydrogen-bond acceptors (Lipinski definition) is 6. The molecule has 0 radical (unpaired) electrons. The molecule has 1 fully saturated rings. The number of amides is 1. The molecular weight excluding hydrogens is 426 g/mol. The molecule has 7 heteroatoms. The van der Waals surface area contributed by atoms with E-state index in [0.717, 1.165) is 43.6 Å². The number of carbonyl (C=O) groups is 1. The summed E-state index contributed by atoms with van der Waals surface area (Å²) in [6.45, 7) is 4.26. The van der Waals surface area contributed by atoms with Crippen molar-refractivity contribution in [1.29, 1.82) is 0 Å². The van der Waals surface area contributed by atoms with Crippen molar-refractivity contribution in [2.45, 2.75) is 58.4 Å². The van der Waals surface area contributed by atoms with Gasteiger partial charge in [-0.1, -0.05) is 43.3 Å². The number of nitrogens with one attached hydrogen (secondary N) is 1. The third kappa shape index (κ3) is 15.5. The number of unbranched alkanes of at least 4 members (excludes halogenated alkanes) is 2. The summed E-state index contributed by atoms with van der Waals surface area (Å²) >= 11 is 3.04. The third-order valence-corrected chi connectivity index (χ3v) is 5.19. The van der Waals surface area contributed by atoms with Gasteiger partial charge in [-0.15, -0.1) is 0 Å². The quantitative estimate of drug-likeness (QED) is 0.0767. The molecule has 1 rings (SSSR count). The Morgan fingerprint density at radius 2 is 2.00 bits per heavy atom. The van der Waals surface area contributed by atoms with Crippen molar-refractivity contribution >= 4 is 42.0 Å². The van der Waals surface area contributed by atoms with Crippen LogP contribution in [0, 0.1) is 0 Å². The second kappa shape index (κ2) is 17.7. The first-order chi connectivity index (χ1) is 15.1. The van der Waals surface area contributed by atoms with Gasteiger partial charge in [-0.2, -0.15) is 0 Å². The zero-order valence-corrected chi connectivity index (χ0v) is 20.7. The van der Waals surface area contributed by atoms with Crippen LogP contribution in [0.15, 0.2) is 67.7 Å². The molecule has 1 N–H and O–H groups in total. The van der Waals surface area contributed by atoms with E-state index in [0.29, 0.717) is 11.8 Å². The van der Waals surface area contributed by atoms with Crippen molar-refractivity contribution in [2.75, 3.05) is 13.3 Å². The zero-order valence-electron chi connectivity index (χ0n) is 19.0. The van der Waals surface area contributed by atoms with Crippen LogP contribution in [0.2, 0.25) is 0 Å². The Balaban J connectivity index is 2.80. The van der Waals surface area contributed by atoms with E-state index in [1.54, 1.807) is 43.4 Å². The maximum absolute atomic E-state index is 11.8. The predicted molar refractivity (Wildman–Crippen MR) is 139 cm³/mol. The molecule has 0 aromatic rings. The summed E-state index contributed by atoms with van der Waals surface area (Å²) in [4.78, 5) is 17.1. The van der Waals surface area contributed by atoms with Crippen LogP contribution >= 0.6 is 23.7 Å². The first kappa shape index (κ1) is 27.0. The molecule has 0 aliphatic heterocycles. The standard InChI is InChI=1S/C24H35N3O2S2/c1-5-6-12-20(2)31-24(15-9-7-8-10-18-26-30-4)29-22(19-25-3)13-11-14-23(28)27-21-16-17-21/h8,10-15,18-19,21H,5-7,9,16-17H2,1-4H3,(H,27,28)/b10-8-,14-11+,20-12+,22-13+,24-15+,25-19-,26-18-. The summed E-state index contributed by atoms with van der Waals surface area (Å²) in [5, 5.41) is 3.73. The highest BCUT2D eigenvalue weighted by atomic mass is 32.2. The molecule has 0 heterocycles. The van der Waals surface area contributed by atoms with E-state index in [9.17, 15) is 4.79 Å². The Morgan fingerprint density at radius 1 is 1.19 bits per heavy atom. The molecule has 0 spiro atoms. The van der Waals surface area contributed by atoms with Crippen LogP contribution in [0.3, 0.4) is 0 Å². The molecule has 31 heavy (non-hydrogen) atoms. The topological polar surface area (TPSA) is 63.1 Å². The fraction of sp³-hybridized carbons (Fsp3) is 0.458. The highest BCUT2D eigenvalue weighted by molar-refractivity contribution is 8.06. The number of ether oxygens (including phenoxy) is 1. The van der Waals surface area contributed by atoms with E-state index in [2.05, 4.69) is 46.8 Å². The SMILES string of the molecule is CCC/C=C(\C)S/C(=C/CC/C=C\C=N/SC)OC(/C=N\C)=C/C=C/C(=O)NC1CC1. The number of rotatable bonds is 15.